The largest absolute Gasteiger partial charge is 0.337 e. The molecule has 1 aromatic rings. The third kappa shape index (κ3) is 3.24. The molecule has 0 bridgehead atoms. The number of likely N-dealkylation sites (N-methyl/N-ethyl adjacent to an activating group) is 1. The number of benzene rings is 1. The summed E-state index contributed by atoms with van der Waals surface area (Å²) in [7, 11) is 2.10. The number of aryl methyl sites for hydroxylation is 1. The van der Waals surface area contributed by atoms with Crippen molar-refractivity contribution < 1.29 is 4.79 Å². The van der Waals surface area contributed by atoms with Gasteiger partial charge in [-0.25, -0.2) is 0 Å². The first kappa shape index (κ1) is 13.8. The molecule has 1 heterocycles. The second-order valence-electron chi connectivity index (χ2n) is 5.12. The van der Waals surface area contributed by atoms with Crippen molar-refractivity contribution in [2.45, 2.75) is 13.3 Å². The summed E-state index contributed by atoms with van der Waals surface area (Å²) < 4.78 is 0. The Balaban J connectivity index is 2.12. The van der Waals surface area contributed by atoms with Crippen LogP contribution in [0.25, 0.3) is 0 Å². The van der Waals surface area contributed by atoms with Crippen LogP contribution in [0.1, 0.15) is 22.3 Å². The minimum Gasteiger partial charge on any atom is -0.337 e. The number of hydrogen-bond acceptors (Lipinski definition) is 4. The average molecular weight is 262 g/mol. The molecule has 1 aliphatic heterocycles. The van der Waals surface area contributed by atoms with Crippen molar-refractivity contribution in [1.29, 1.82) is 0 Å². The maximum absolute atomic E-state index is 12.5. The summed E-state index contributed by atoms with van der Waals surface area (Å²) in [6, 6.07) is 5.58. The Morgan fingerprint density at radius 1 is 1.26 bits per heavy atom. The van der Waals surface area contributed by atoms with Gasteiger partial charge in [-0.15, -0.1) is 0 Å². The van der Waals surface area contributed by atoms with Gasteiger partial charge in [0.2, 0.25) is 0 Å². The Morgan fingerprint density at radius 2 is 2.05 bits per heavy atom. The first-order chi connectivity index (χ1) is 9.11. The molecule has 1 amide bonds. The lowest BCUT2D eigenvalue weighted by molar-refractivity contribution is 0.0763. The number of hydrogen-bond donors (Lipinski definition) is 2. The lowest BCUT2D eigenvalue weighted by Crippen LogP contribution is -2.34. The molecular formula is C14H22N4O. The molecule has 0 unspecified atom stereocenters. The van der Waals surface area contributed by atoms with Crippen molar-refractivity contribution in [3.8, 4) is 0 Å². The van der Waals surface area contributed by atoms with E-state index in [2.05, 4.69) is 17.4 Å². The number of carbonyl (C=O) groups is 1. The molecule has 0 spiro atoms. The van der Waals surface area contributed by atoms with Crippen LogP contribution in [0.4, 0.5) is 5.69 Å². The van der Waals surface area contributed by atoms with Crippen LogP contribution >= 0.6 is 0 Å². The van der Waals surface area contributed by atoms with Gasteiger partial charge in [0.1, 0.15) is 0 Å². The van der Waals surface area contributed by atoms with Gasteiger partial charge in [-0.2, -0.15) is 0 Å². The molecule has 1 aliphatic rings. The van der Waals surface area contributed by atoms with E-state index >= 15 is 0 Å². The predicted octanol–water partition coefficient (Wildman–Crippen LogP) is 1.06. The molecule has 0 saturated carbocycles. The van der Waals surface area contributed by atoms with E-state index in [-0.39, 0.29) is 5.91 Å². The highest BCUT2D eigenvalue weighted by atomic mass is 16.2. The minimum atomic E-state index is 0.113. The fourth-order valence-electron chi connectivity index (χ4n) is 2.39. The predicted molar refractivity (Wildman–Crippen MR) is 77.0 cm³/mol. The van der Waals surface area contributed by atoms with Gasteiger partial charge in [-0.3, -0.25) is 10.6 Å². The van der Waals surface area contributed by atoms with Crippen LogP contribution in [0.2, 0.25) is 0 Å². The first-order valence-corrected chi connectivity index (χ1v) is 6.67. The molecule has 2 rings (SSSR count). The zero-order valence-corrected chi connectivity index (χ0v) is 11.6. The number of nitrogen functional groups attached to an aromatic ring is 1. The molecule has 5 nitrogen and oxygen atoms in total. The molecule has 0 atom stereocenters. The Bertz CT molecular complexity index is 461. The smallest absolute Gasteiger partial charge is 0.253 e. The van der Waals surface area contributed by atoms with Crippen LogP contribution in [0.15, 0.2) is 18.2 Å². The van der Waals surface area contributed by atoms with Gasteiger partial charge in [0, 0.05) is 25.2 Å². The molecule has 104 valence electrons. The van der Waals surface area contributed by atoms with Crippen LogP contribution in [0, 0.1) is 6.92 Å². The van der Waals surface area contributed by atoms with Crippen LogP contribution < -0.4 is 11.3 Å². The number of anilines is 1. The average Bonchev–Trinajstić information content (AvgIpc) is 2.62. The van der Waals surface area contributed by atoms with Crippen LogP contribution in [-0.4, -0.2) is 48.9 Å². The van der Waals surface area contributed by atoms with E-state index in [1.54, 1.807) is 0 Å². The van der Waals surface area contributed by atoms with Crippen molar-refractivity contribution >= 4 is 11.6 Å². The minimum absolute atomic E-state index is 0.113. The van der Waals surface area contributed by atoms with Crippen LogP contribution in [0.3, 0.4) is 0 Å². The van der Waals surface area contributed by atoms with Crippen LogP contribution in [-0.2, 0) is 0 Å². The maximum atomic E-state index is 12.5. The van der Waals surface area contributed by atoms with E-state index < -0.39 is 0 Å². The van der Waals surface area contributed by atoms with E-state index in [0.29, 0.717) is 0 Å². The second kappa shape index (κ2) is 6.04. The van der Waals surface area contributed by atoms with Crippen molar-refractivity contribution in [2.24, 2.45) is 5.84 Å². The van der Waals surface area contributed by atoms with Gasteiger partial charge in [-0.05, 0) is 50.7 Å². The molecule has 1 fully saturated rings. The summed E-state index contributed by atoms with van der Waals surface area (Å²) in [5, 5.41) is 0. The third-order valence-electron chi connectivity index (χ3n) is 3.64. The summed E-state index contributed by atoms with van der Waals surface area (Å²) in [5.74, 6) is 5.52. The Hall–Kier alpha value is -1.59. The zero-order valence-electron chi connectivity index (χ0n) is 11.6. The summed E-state index contributed by atoms with van der Waals surface area (Å²) in [4.78, 5) is 16.7. The fourth-order valence-corrected chi connectivity index (χ4v) is 2.39. The number of hydrazine groups is 1. The number of amides is 1. The van der Waals surface area contributed by atoms with Crippen molar-refractivity contribution in [3.05, 3.63) is 29.3 Å². The lowest BCUT2D eigenvalue weighted by Gasteiger charge is -2.21. The number of nitrogens with zero attached hydrogens (tertiary/aromatic N) is 2. The number of nitrogens with two attached hydrogens (primary N) is 1. The highest BCUT2D eigenvalue weighted by Gasteiger charge is 2.19. The standard InChI is InChI=1S/C14H22N4O/c1-11-10-12(4-5-13(11)16-15)14(19)18-7-3-6-17(2)8-9-18/h4-5,10,16H,3,6-9,15H2,1-2H3. The number of nitrogens with one attached hydrogen (secondary N) is 1. The van der Waals surface area contributed by atoms with Gasteiger partial charge in [0.05, 0.1) is 5.69 Å². The van der Waals surface area contributed by atoms with Crippen molar-refractivity contribution in [2.75, 3.05) is 38.7 Å². The number of rotatable bonds is 2. The molecule has 1 saturated heterocycles. The van der Waals surface area contributed by atoms with E-state index in [9.17, 15) is 4.79 Å². The van der Waals surface area contributed by atoms with Gasteiger partial charge >= 0.3 is 0 Å². The molecule has 0 aromatic heterocycles. The van der Waals surface area contributed by atoms with Crippen molar-refractivity contribution in [1.82, 2.24) is 9.80 Å². The Labute approximate surface area is 114 Å². The van der Waals surface area contributed by atoms with Gasteiger partial charge < -0.3 is 15.2 Å². The molecule has 5 heteroatoms. The Kier molecular flexibility index (Phi) is 4.39. The second-order valence-corrected chi connectivity index (χ2v) is 5.12. The molecule has 3 N–H and O–H groups in total. The van der Waals surface area contributed by atoms with E-state index in [1.807, 2.05) is 30.0 Å². The van der Waals surface area contributed by atoms with E-state index in [1.165, 1.54) is 0 Å². The summed E-state index contributed by atoms with van der Waals surface area (Å²) in [6.07, 6.45) is 1.03. The van der Waals surface area contributed by atoms with Crippen LogP contribution in [0.5, 0.6) is 0 Å². The number of carbonyl (C=O) groups excluding carboxylic acids is 1. The molecule has 0 aliphatic carbocycles. The van der Waals surface area contributed by atoms with Crippen molar-refractivity contribution in [3.63, 3.8) is 0 Å². The topological polar surface area (TPSA) is 61.6 Å². The zero-order chi connectivity index (χ0) is 13.8. The van der Waals surface area contributed by atoms with Gasteiger partial charge in [0.15, 0.2) is 0 Å². The summed E-state index contributed by atoms with van der Waals surface area (Å²) in [6.45, 7) is 5.57. The lowest BCUT2D eigenvalue weighted by atomic mass is 10.1. The third-order valence-corrected chi connectivity index (χ3v) is 3.64. The molecular weight excluding hydrogens is 240 g/mol. The molecule has 1 aromatic carbocycles. The summed E-state index contributed by atoms with van der Waals surface area (Å²) >= 11 is 0. The fraction of sp³-hybridized carbons (Fsp3) is 0.500. The highest BCUT2D eigenvalue weighted by Crippen LogP contribution is 2.17. The van der Waals surface area contributed by atoms with Gasteiger partial charge in [-0.1, -0.05) is 0 Å². The molecule has 19 heavy (non-hydrogen) atoms. The normalized spacial score (nSPS) is 17.1. The van der Waals surface area contributed by atoms with Gasteiger partial charge in [0.25, 0.3) is 5.91 Å². The van der Waals surface area contributed by atoms with E-state index in [4.69, 9.17) is 5.84 Å². The monoisotopic (exact) mass is 262 g/mol. The molecule has 0 radical (unpaired) electrons. The van der Waals surface area contributed by atoms with E-state index in [0.717, 1.165) is 49.4 Å². The maximum Gasteiger partial charge on any atom is 0.253 e. The quantitative estimate of drug-likeness (QED) is 0.618. The first-order valence-electron chi connectivity index (χ1n) is 6.67. The Morgan fingerprint density at radius 3 is 2.74 bits per heavy atom. The summed E-state index contributed by atoms with van der Waals surface area (Å²) in [5.41, 5.74) is 5.20. The highest BCUT2D eigenvalue weighted by molar-refractivity contribution is 5.95. The SMILES string of the molecule is Cc1cc(C(=O)N2CCCN(C)CC2)ccc1NN.